The lowest BCUT2D eigenvalue weighted by atomic mass is 10.0. The fourth-order valence-electron chi connectivity index (χ4n) is 3.88. The van der Waals surface area contributed by atoms with Crippen molar-refractivity contribution < 1.29 is 22.7 Å². The van der Waals surface area contributed by atoms with Crippen molar-refractivity contribution in [3.05, 3.63) is 70.9 Å². The van der Waals surface area contributed by atoms with E-state index in [1.165, 1.54) is 10.6 Å². The lowest BCUT2D eigenvalue weighted by Gasteiger charge is -2.13. The van der Waals surface area contributed by atoms with E-state index in [1.54, 1.807) is 42.6 Å². The summed E-state index contributed by atoms with van der Waals surface area (Å²) in [4.78, 5) is 16.9. The average molecular weight is 530 g/mol. The summed E-state index contributed by atoms with van der Waals surface area (Å²) in [5, 5.41) is 10.8. The van der Waals surface area contributed by atoms with Crippen molar-refractivity contribution in [2.24, 2.45) is 0 Å². The Bertz CT molecular complexity index is 1470. The fraction of sp³-hybridized carbons (Fsp3) is 0.269. The number of aryl methyl sites for hydroxylation is 1. The zero-order chi connectivity index (χ0) is 26.2. The van der Waals surface area contributed by atoms with E-state index in [0.717, 1.165) is 24.0 Å². The Balaban J connectivity index is 1.51. The Morgan fingerprint density at radius 1 is 1.19 bits per heavy atom. The number of amides is 1. The van der Waals surface area contributed by atoms with Crippen LogP contribution in [0.25, 0.3) is 16.9 Å². The second-order valence-corrected chi connectivity index (χ2v) is 9.34. The highest BCUT2D eigenvalue weighted by Gasteiger charge is 2.27. The molecular formula is C26H23ClF3N5O2. The van der Waals surface area contributed by atoms with Gasteiger partial charge in [0.25, 0.3) is 5.91 Å². The van der Waals surface area contributed by atoms with Crippen LogP contribution in [0.4, 0.5) is 18.9 Å². The molecule has 4 aromatic rings. The first-order valence-corrected chi connectivity index (χ1v) is 12.1. The van der Waals surface area contributed by atoms with E-state index in [4.69, 9.17) is 16.3 Å². The summed E-state index contributed by atoms with van der Waals surface area (Å²) in [5.74, 6) is 0.445. The quantitative estimate of drug-likeness (QED) is 0.276. The highest BCUT2D eigenvalue weighted by atomic mass is 35.5. The number of anilines is 1. The van der Waals surface area contributed by atoms with Crippen molar-refractivity contribution in [2.75, 3.05) is 11.9 Å². The van der Waals surface area contributed by atoms with E-state index in [-0.39, 0.29) is 24.4 Å². The van der Waals surface area contributed by atoms with Gasteiger partial charge in [-0.3, -0.25) is 4.79 Å². The van der Waals surface area contributed by atoms with E-state index < -0.39 is 12.6 Å². The second-order valence-electron chi connectivity index (χ2n) is 8.90. The fourth-order valence-corrected chi connectivity index (χ4v) is 4.06. The predicted molar refractivity (Wildman–Crippen MR) is 134 cm³/mol. The molecule has 0 atom stereocenters. The van der Waals surface area contributed by atoms with Crippen LogP contribution in [0.5, 0.6) is 11.6 Å². The van der Waals surface area contributed by atoms with Crippen LogP contribution in [0, 0.1) is 6.92 Å². The van der Waals surface area contributed by atoms with Gasteiger partial charge in [0.2, 0.25) is 5.88 Å². The third-order valence-electron chi connectivity index (χ3n) is 5.87. The Hall–Kier alpha value is -3.79. The molecule has 1 saturated carbocycles. The van der Waals surface area contributed by atoms with Crippen LogP contribution in [0.15, 0.2) is 54.7 Å². The number of benzene rings is 2. The highest BCUT2D eigenvalue weighted by molar-refractivity contribution is 6.30. The molecule has 0 radical (unpaired) electrons. The molecule has 5 rings (SSSR count). The molecule has 2 aromatic heterocycles. The Morgan fingerprint density at radius 3 is 2.70 bits per heavy atom. The number of alkyl halides is 3. The van der Waals surface area contributed by atoms with Gasteiger partial charge in [0.1, 0.15) is 5.75 Å². The van der Waals surface area contributed by atoms with Gasteiger partial charge in [-0.2, -0.15) is 13.2 Å². The minimum atomic E-state index is -4.30. The van der Waals surface area contributed by atoms with Crippen molar-refractivity contribution in [2.45, 2.75) is 38.4 Å². The molecular weight excluding hydrogens is 507 g/mol. The van der Waals surface area contributed by atoms with Crippen molar-refractivity contribution in [3.8, 4) is 22.9 Å². The summed E-state index contributed by atoms with van der Waals surface area (Å²) in [6, 6.07) is 13.8. The number of aromatic nitrogens is 3. The number of fused-ring (bicyclic) bond motifs is 1. The standard InChI is InChI=1S/C26H23ClF3N5O2/c1-15-11-16(5-8-20(15)25(36)33-18-6-7-18)22-14-32-24-21(31-10-9-26(28,29)30)13-23(34-35(22)24)37-19-4-2-3-17(27)12-19/h2-5,8,11-14,18,31H,6-7,9-10H2,1H3,(H,33,36). The maximum atomic E-state index is 12.8. The van der Waals surface area contributed by atoms with Crippen molar-refractivity contribution in [3.63, 3.8) is 0 Å². The number of halogens is 4. The van der Waals surface area contributed by atoms with Crippen molar-refractivity contribution in [1.82, 2.24) is 19.9 Å². The molecule has 7 nitrogen and oxygen atoms in total. The minimum Gasteiger partial charge on any atom is -0.437 e. The molecule has 2 heterocycles. The lowest BCUT2D eigenvalue weighted by Crippen LogP contribution is -2.26. The summed E-state index contributed by atoms with van der Waals surface area (Å²) in [6.45, 7) is 1.51. The zero-order valence-corrected chi connectivity index (χ0v) is 20.5. The summed E-state index contributed by atoms with van der Waals surface area (Å²) < 4.78 is 45.7. The molecule has 37 heavy (non-hydrogen) atoms. The molecule has 1 aliphatic carbocycles. The predicted octanol–water partition coefficient (Wildman–Crippen LogP) is 6.41. The monoisotopic (exact) mass is 529 g/mol. The van der Waals surface area contributed by atoms with Gasteiger partial charge >= 0.3 is 6.18 Å². The smallest absolute Gasteiger partial charge is 0.390 e. The van der Waals surface area contributed by atoms with E-state index in [9.17, 15) is 18.0 Å². The largest absolute Gasteiger partial charge is 0.437 e. The molecule has 0 spiro atoms. The number of ether oxygens (including phenoxy) is 1. The van der Waals surface area contributed by atoms with Crippen LogP contribution in [-0.4, -0.2) is 39.3 Å². The van der Waals surface area contributed by atoms with Gasteiger partial charge in [-0.25, -0.2) is 9.50 Å². The molecule has 1 fully saturated rings. The molecule has 0 aliphatic heterocycles. The van der Waals surface area contributed by atoms with Crippen LogP contribution in [0.1, 0.15) is 35.2 Å². The highest BCUT2D eigenvalue weighted by Crippen LogP contribution is 2.31. The molecule has 0 bridgehead atoms. The third-order valence-corrected chi connectivity index (χ3v) is 6.10. The second kappa shape index (κ2) is 9.93. The van der Waals surface area contributed by atoms with Gasteiger partial charge < -0.3 is 15.4 Å². The molecule has 0 unspecified atom stereocenters. The van der Waals surface area contributed by atoms with Gasteiger partial charge in [-0.05, 0) is 55.7 Å². The Labute approximate surface area is 215 Å². The molecule has 11 heteroatoms. The van der Waals surface area contributed by atoms with Gasteiger partial charge in [-0.15, -0.1) is 5.10 Å². The first-order chi connectivity index (χ1) is 17.7. The maximum Gasteiger partial charge on any atom is 0.390 e. The summed E-state index contributed by atoms with van der Waals surface area (Å²) >= 11 is 6.05. The average Bonchev–Trinajstić information content (AvgIpc) is 3.53. The number of hydrogen-bond acceptors (Lipinski definition) is 5. The number of carbonyl (C=O) groups excluding carboxylic acids is 1. The van der Waals surface area contributed by atoms with Crippen LogP contribution in [0.2, 0.25) is 5.02 Å². The van der Waals surface area contributed by atoms with E-state index >= 15 is 0 Å². The first kappa shape index (κ1) is 24.9. The number of nitrogens with one attached hydrogen (secondary N) is 2. The van der Waals surface area contributed by atoms with Gasteiger partial charge in [0.05, 0.1) is 24.0 Å². The number of nitrogens with zero attached hydrogens (tertiary/aromatic N) is 3. The Kier molecular flexibility index (Phi) is 6.68. The lowest BCUT2D eigenvalue weighted by molar-refractivity contribution is -0.131. The minimum absolute atomic E-state index is 0.115. The SMILES string of the molecule is Cc1cc(-c2cnc3c(NCCC(F)(F)F)cc(Oc4cccc(Cl)c4)nn23)ccc1C(=O)NC1CC1. The van der Waals surface area contributed by atoms with E-state index in [0.29, 0.717) is 33.4 Å². The van der Waals surface area contributed by atoms with Crippen LogP contribution in [-0.2, 0) is 0 Å². The van der Waals surface area contributed by atoms with Crippen molar-refractivity contribution >= 4 is 28.8 Å². The van der Waals surface area contributed by atoms with Crippen LogP contribution >= 0.6 is 11.6 Å². The molecule has 2 N–H and O–H groups in total. The third kappa shape index (κ3) is 5.96. The molecule has 192 valence electrons. The van der Waals surface area contributed by atoms with Gasteiger partial charge in [0.15, 0.2) is 5.65 Å². The van der Waals surface area contributed by atoms with Gasteiger partial charge in [-0.1, -0.05) is 23.7 Å². The van der Waals surface area contributed by atoms with E-state index in [2.05, 4.69) is 20.7 Å². The summed E-state index contributed by atoms with van der Waals surface area (Å²) in [7, 11) is 0. The zero-order valence-electron chi connectivity index (χ0n) is 19.8. The maximum absolute atomic E-state index is 12.8. The topological polar surface area (TPSA) is 80.6 Å². The van der Waals surface area contributed by atoms with Crippen LogP contribution < -0.4 is 15.4 Å². The molecule has 1 aliphatic rings. The molecule has 0 saturated heterocycles. The summed E-state index contributed by atoms with van der Waals surface area (Å²) in [5.41, 5.74) is 3.35. The number of imidazole rings is 1. The number of hydrogen-bond donors (Lipinski definition) is 2. The molecule has 2 aromatic carbocycles. The summed E-state index contributed by atoms with van der Waals surface area (Å²) in [6.07, 6.45) is -1.74. The Morgan fingerprint density at radius 2 is 2.00 bits per heavy atom. The number of carbonyl (C=O) groups is 1. The van der Waals surface area contributed by atoms with Crippen LogP contribution in [0.3, 0.4) is 0 Å². The normalized spacial score (nSPS) is 13.5. The van der Waals surface area contributed by atoms with E-state index in [1.807, 2.05) is 13.0 Å². The molecule has 1 amide bonds. The van der Waals surface area contributed by atoms with Crippen molar-refractivity contribution in [1.29, 1.82) is 0 Å². The first-order valence-electron chi connectivity index (χ1n) is 11.7. The number of rotatable bonds is 8. The van der Waals surface area contributed by atoms with Gasteiger partial charge in [0, 0.05) is 34.8 Å².